The Morgan fingerprint density at radius 1 is 1.27 bits per heavy atom. The van der Waals surface area contributed by atoms with Crippen molar-refractivity contribution in [2.45, 2.75) is 24.0 Å². The van der Waals surface area contributed by atoms with Crippen LogP contribution >= 0.6 is 11.3 Å². The van der Waals surface area contributed by atoms with Crippen molar-refractivity contribution >= 4 is 32.2 Å². The zero-order valence-corrected chi connectivity index (χ0v) is 13.7. The zero-order valence-electron chi connectivity index (χ0n) is 12.1. The van der Waals surface area contributed by atoms with Gasteiger partial charge in [0.25, 0.3) is 5.91 Å². The molecule has 22 heavy (non-hydrogen) atoms. The van der Waals surface area contributed by atoms with Crippen LogP contribution in [0.15, 0.2) is 40.7 Å². The third-order valence-corrected chi connectivity index (χ3v) is 6.08. The molecule has 0 unspecified atom stereocenters. The second kappa shape index (κ2) is 8.02. The molecule has 0 aliphatic carbocycles. The monoisotopic (exact) mass is 342 g/mol. The van der Waals surface area contributed by atoms with Crippen molar-refractivity contribution in [3.05, 3.63) is 42.1 Å². The summed E-state index contributed by atoms with van der Waals surface area (Å²) < 4.78 is 24.2. The van der Waals surface area contributed by atoms with Crippen LogP contribution in [0.3, 0.4) is 0 Å². The summed E-state index contributed by atoms with van der Waals surface area (Å²) >= 11 is 0.982. The molecule has 0 fully saturated rings. The van der Waals surface area contributed by atoms with Crippen molar-refractivity contribution in [1.29, 1.82) is 0 Å². The third kappa shape index (κ3) is 4.62. The van der Waals surface area contributed by atoms with Crippen molar-refractivity contribution in [2.24, 2.45) is 0 Å². The Morgan fingerprint density at radius 2 is 1.95 bits per heavy atom. The fraction of sp³-hybridized carbons (Fsp3) is 0.286. The average Bonchev–Trinajstić information content (AvgIpc) is 2.95. The van der Waals surface area contributed by atoms with Gasteiger partial charge in [-0.3, -0.25) is 10.1 Å². The largest absolute Gasteiger partial charge is 0.412 e. The molecule has 3 N–H and O–H groups in total. The molecule has 0 saturated heterocycles. The Labute approximate surface area is 133 Å². The highest BCUT2D eigenvalue weighted by Gasteiger charge is 2.18. The Bertz CT molecular complexity index is 711. The van der Waals surface area contributed by atoms with E-state index in [1.165, 1.54) is 6.20 Å². The number of thiazole rings is 1. The highest BCUT2D eigenvalue weighted by molar-refractivity contribution is 7.93. The molecule has 2 aromatic rings. The fourth-order valence-corrected chi connectivity index (χ4v) is 4.28. The molecule has 6 nitrogen and oxygen atoms in total. The van der Waals surface area contributed by atoms with Gasteiger partial charge in [0.1, 0.15) is 4.21 Å². The number of anilines is 1. The standard InChI is InChI=1S/C14H16N2O3S2.H2O/c1-2-3-9-21(18,19)12-10-15-14(20-12)16-13(17)11-7-5-4-6-8-11;/h4-8,10H,2-3,9H2,1H3,(H,15,16,17);1H2. The van der Waals surface area contributed by atoms with Gasteiger partial charge in [-0.05, 0) is 18.6 Å². The fourth-order valence-electron chi connectivity index (χ4n) is 1.65. The van der Waals surface area contributed by atoms with Gasteiger partial charge in [0.15, 0.2) is 15.0 Å². The minimum atomic E-state index is -3.30. The molecule has 1 aromatic carbocycles. The topological polar surface area (TPSA) is 108 Å². The smallest absolute Gasteiger partial charge is 0.257 e. The van der Waals surface area contributed by atoms with E-state index < -0.39 is 9.84 Å². The van der Waals surface area contributed by atoms with Gasteiger partial charge in [0.2, 0.25) is 0 Å². The summed E-state index contributed by atoms with van der Waals surface area (Å²) in [4.78, 5) is 15.9. The second-order valence-corrected chi connectivity index (χ2v) is 7.84. The number of hydrogen-bond acceptors (Lipinski definition) is 5. The van der Waals surface area contributed by atoms with E-state index >= 15 is 0 Å². The first-order valence-electron chi connectivity index (χ1n) is 6.58. The summed E-state index contributed by atoms with van der Waals surface area (Å²) in [5, 5.41) is 2.90. The number of carbonyl (C=O) groups excluding carboxylic acids is 1. The highest BCUT2D eigenvalue weighted by atomic mass is 32.2. The van der Waals surface area contributed by atoms with Gasteiger partial charge < -0.3 is 5.48 Å². The number of carbonyl (C=O) groups is 1. The molecule has 0 atom stereocenters. The van der Waals surface area contributed by atoms with E-state index in [9.17, 15) is 13.2 Å². The SMILES string of the molecule is CCCCS(=O)(=O)c1cnc(NC(=O)c2ccccc2)s1.O. The molecule has 1 amide bonds. The lowest BCUT2D eigenvalue weighted by Crippen LogP contribution is -2.11. The van der Waals surface area contributed by atoms with E-state index in [-0.39, 0.29) is 21.3 Å². The quantitative estimate of drug-likeness (QED) is 0.867. The van der Waals surface area contributed by atoms with Crippen LogP contribution in [0.25, 0.3) is 0 Å². The second-order valence-electron chi connectivity index (χ2n) is 4.48. The van der Waals surface area contributed by atoms with Crippen LogP contribution < -0.4 is 5.32 Å². The molecular formula is C14H18N2O4S2. The Morgan fingerprint density at radius 3 is 2.59 bits per heavy atom. The van der Waals surface area contributed by atoms with Gasteiger partial charge in [0, 0.05) is 5.56 Å². The third-order valence-electron chi connectivity index (χ3n) is 2.81. The van der Waals surface area contributed by atoms with Crippen molar-refractivity contribution in [3.8, 4) is 0 Å². The summed E-state index contributed by atoms with van der Waals surface area (Å²) in [5.74, 6) is -0.194. The van der Waals surface area contributed by atoms with E-state index in [4.69, 9.17) is 0 Å². The average molecular weight is 342 g/mol. The van der Waals surface area contributed by atoms with Gasteiger partial charge >= 0.3 is 0 Å². The number of aromatic nitrogens is 1. The lowest BCUT2D eigenvalue weighted by molar-refractivity contribution is 0.102. The van der Waals surface area contributed by atoms with E-state index in [1.807, 2.05) is 13.0 Å². The maximum absolute atomic E-state index is 12.0. The predicted octanol–water partition coefficient (Wildman–Crippen LogP) is 2.14. The number of unbranched alkanes of at least 4 members (excludes halogenated alkanes) is 1. The first-order chi connectivity index (χ1) is 10.0. The van der Waals surface area contributed by atoms with E-state index in [2.05, 4.69) is 10.3 Å². The molecule has 1 heterocycles. The maximum atomic E-state index is 12.0. The first-order valence-corrected chi connectivity index (χ1v) is 9.05. The number of sulfone groups is 1. The number of hydrogen-bond donors (Lipinski definition) is 1. The maximum Gasteiger partial charge on any atom is 0.257 e. The number of amides is 1. The van der Waals surface area contributed by atoms with Crippen molar-refractivity contribution < 1.29 is 18.7 Å². The number of nitrogens with zero attached hydrogens (tertiary/aromatic N) is 1. The summed E-state index contributed by atoms with van der Waals surface area (Å²) in [6.07, 6.45) is 2.73. The Kier molecular flexibility index (Phi) is 6.66. The van der Waals surface area contributed by atoms with Gasteiger partial charge in [-0.1, -0.05) is 42.9 Å². The summed E-state index contributed by atoms with van der Waals surface area (Å²) in [6.45, 7) is 1.94. The number of benzene rings is 1. The van der Waals surface area contributed by atoms with Crippen LogP contribution in [0.2, 0.25) is 0 Å². The van der Waals surface area contributed by atoms with Crippen LogP contribution in [0, 0.1) is 0 Å². The van der Waals surface area contributed by atoms with E-state index in [0.717, 1.165) is 17.8 Å². The lowest BCUT2D eigenvalue weighted by Gasteiger charge is -2.01. The number of nitrogens with one attached hydrogen (secondary N) is 1. The molecule has 0 aliphatic rings. The van der Waals surface area contributed by atoms with Crippen LogP contribution in [-0.4, -0.2) is 30.5 Å². The minimum Gasteiger partial charge on any atom is -0.412 e. The molecule has 120 valence electrons. The molecule has 0 aliphatic heterocycles. The van der Waals surface area contributed by atoms with Crippen molar-refractivity contribution in [3.63, 3.8) is 0 Å². The normalized spacial score (nSPS) is 10.8. The van der Waals surface area contributed by atoms with Crippen molar-refractivity contribution in [2.75, 3.05) is 11.1 Å². The van der Waals surface area contributed by atoms with E-state index in [1.54, 1.807) is 24.3 Å². The Hall–Kier alpha value is -1.77. The minimum absolute atomic E-state index is 0. The van der Waals surface area contributed by atoms with Crippen LogP contribution in [-0.2, 0) is 9.84 Å². The van der Waals surface area contributed by atoms with Gasteiger partial charge in [-0.25, -0.2) is 13.4 Å². The highest BCUT2D eigenvalue weighted by Crippen LogP contribution is 2.24. The summed E-state index contributed by atoms with van der Waals surface area (Å²) in [6, 6.07) is 8.71. The van der Waals surface area contributed by atoms with Crippen LogP contribution in [0.1, 0.15) is 30.1 Å². The zero-order chi connectivity index (χ0) is 15.3. The summed E-state index contributed by atoms with van der Waals surface area (Å²) in [5.41, 5.74) is 0.503. The van der Waals surface area contributed by atoms with Gasteiger partial charge in [-0.15, -0.1) is 0 Å². The first kappa shape index (κ1) is 18.3. The molecule has 0 radical (unpaired) electrons. The summed E-state index contributed by atoms with van der Waals surface area (Å²) in [7, 11) is -3.30. The molecule has 0 bridgehead atoms. The molecule has 1 aromatic heterocycles. The van der Waals surface area contributed by atoms with Crippen LogP contribution in [0.4, 0.5) is 5.13 Å². The van der Waals surface area contributed by atoms with Gasteiger partial charge in [-0.2, -0.15) is 0 Å². The van der Waals surface area contributed by atoms with Crippen molar-refractivity contribution in [1.82, 2.24) is 4.98 Å². The van der Waals surface area contributed by atoms with Gasteiger partial charge in [0.05, 0.1) is 11.9 Å². The molecule has 8 heteroatoms. The molecule has 0 saturated carbocycles. The molecular weight excluding hydrogens is 324 g/mol. The van der Waals surface area contributed by atoms with E-state index in [0.29, 0.717) is 17.1 Å². The lowest BCUT2D eigenvalue weighted by atomic mass is 10.2. The molecule has 0 spiro atoms. The predicted molar refractivity (Wildman–Crippen MR) is 87.1 cm³/mol. The van der Waals surface area contributed by atoms with Crippen LogP contribution in [0.5, 0.6) is 0 Å². The molecule has 2 rings (SSSR count). The Balaban J connectivity index is 0.00000242. The number of rotatable bonds is 6.